The summed E-state index contributed by atoms with van der Waals surface area (Å²) >= 11 is 0. The molecule has 5 rings (SSSR count). The van der Waals surface area contributed by atoms with Gasteiger partial charge < -0.3 is 14.2 Å². The van der Waals surface area contributed by atoms with Gasteiger partial charge in [0.2, 0.25) is 11.7 Å². The number of pyridine rings is 1. The van der Waals surface area contributed by atoms with Crippen LogP contribution in [0.3, 0.4) is 0 Å². The molecule has 1 amide bonds. The summed E-state index contributed by atoms with van der Waals surface area (Å²) in [6.45, 7) is 0.0778. The standard InChI is InChI=1S/C22H22N4O3/c27-20(14-28-19-4-2-1-3-5-19)26-17-6-7-18(26)13-16(12-17)22-24-21(25-29-22)15-8-10-23-11-9-15/h1-5,8-11,16-18H,6-7,12-14H2/t16?,17-,18+. The zero-order valence-corrected chi connectivity index (χ0v) is 16.0. The smallest absolute Gasteiger partial charge is 0.261 e. The van der Waals surface area contributed by atoms with Crippen LogP contribution < -0.4 is 4.74 Å². The van der Waals surface area contributed by atoms with E-state index in [0.29, 0.717) is 11.7 Å². The third-order valence-corrected chi connectivity index (χ3v) is 5.86. The molecular formula is C22H22N4O3. The molecule has 0 saturated carbocycles. The van der Waals surface area contributed by atoms with E-state index in [9.17, 15) is 4.79 Å². The van der Waals surface area contributed by atoms with Crippen molar-refractivity contribution >= 4 is 5.91 Å². The van der Waals surface area contributed by atoms with Crippen molar-refractivity contribution in [3.63, 3.8) is 0 Å². The van der Waals surface area contributed by atoms with Crippen LogP contribution in [0.2, 0.25) is 0 Å². The fraction of sp³-hybridized carbons (Fsp3) is 0.364. The first-order valence-electron chi connectivity index (χ1n) is 10.0. The normalized spacial score (nSPS) is 23.2. The molecule has 3 atom stereocenters. The molecule has 0 radical (unpaired) electrons. The highest BCUT2D eigenvalue weighted by molar-refractivity contribution is 5.79. The number of benzene rings is 1. The van der Waals surface area contributed by atoms with Crippen LogP contribution in [0.1, 0.15) is 37.5 Å². The van der Waals surface area contributed by atoms with Gasteiger partial charge in [0.15, 0.2) is 6.61 Å². The number of aromatic nitrogens is 3. The molecule has 2 aromatic heterocycles. The topological polar surface area (TPSA) is 81.4 Å². The Morgan fingerprint density at radius 3 is 2.52 bits per heavy atom. The van der Waals surface area contributed by atoms with E-state index in [-0.39, 0.29) is 30.5 Å². The van der Waals surface area contributed by atoms with E-state index in [1.807, 2.05) is 47.4 Å². The van der Waals surface area contributed by atoms with Gasteiger partial charge in [-0.25, -0.2) is 0 Å². The van der Waals surface area contributed by atoms with Crippen LogP contribution in [0.5, 0.6) is 5.75 Å². The van der Waals surface area contributed by atoms with Gasteiger partial charge in [0.25, 0.3) is 5.91 Å². The summed E-state index contributed by atoms with van der Waals surface area (Å²) in [5.74, 6) is 2.22. The van der Waals surface area contributed by atoms with Crippen molar-refractivity contribution < 1.29 is 14.1 Å². The maximum Gasteiger partial charge on any atom is 0.261 e. The van der Waals surface area contributed by atoms with Crippen LogP contribution >= 0.6 is 0 Å². The van der Waals surface area contributed by atoms with Gasteiger partial charge in [-0.2, -0.15) is 4.98 Å². The highest BCUT2D eigenvalue weighted by atomic mass is 16.5. The summed E-state index contributed by atoms with van der Waals surface area (Å²) in [4.78, 5) is 23.5. The molecule has 7 nitrogen and oxygen atoms in total. The Labute approximate surface area is 168 Å². The van der Waals surface area contributed by atoms with Crippen LogP contribution in [0, 0.1) is 0 Å². The zero-order chi connectivity index (χ0) is 19.6. The first-order chi connectivity index (χ1) is 14.3. The average molecular weight is 390 g/mol. The van der Waals surface area contributed by atoms with Crippen molar-refractivity contribution in [2.24, 2.45) is 0 Å². The third-order valence-electron chi connectivity index (χ3n) is 5.86. The van der Waals surface area contributed by atoms with Gasteiger partial charge in [-0.05, 0) is 49.9 Å². The van der Waals surface area contributed by atoms with Crippen LogP contribution in [-0.2, 0) is 4.79 Å². The number of fused-ring (bicyclic) bond motifs is 2. The molecular weight excluding hydrogens is 368 g/mol. The zero-order valence-electron chi connectivity index (χ0n) is 16.0. The number of piperidine rings is 1. The lowest BCUT2D eigenvalue weighted by molar-refractivity contribution is -0.138. The lowest BCUT2D eigenvalue weighted by Crippen LogP contribution is -2.47. The van der Waals surface area contributed by atoms with Crippen LogP contribution in [-0.4, -0.2) is 44.6 Å². The maximum absolute atomic E-state index is 12.8. The number of carbonyl (C=O) groups is 1. The van der Waals surface area contributed by atoms with Gasteiger partial charge in [-0.1, -0.05) is 23.4 Å². The van der Waals surface area contributed by atoms with Gasteiger partial charge in [0, 0.05) is 36.0 Å². The van der Waals surface area contributed by atoms with Gasteiger partial charge in [-0.15, -0.1) is 0 Å². The number of para-hydroxylation sites is 1. The van der Waals surface area contributed by atoms with Gasteiger partial charge in [0.1, 0.15) is 5.75 Å². The number of hydrogen-bond donors (Lipinski definition) is 0. The highest BCUT2D eigenvalue weighted by Gasteiger charge is 2.45. The predicted molar refractivity (Wildman–Crippen MR) is 105 cm³/mol. The molecule has 1 aromatic carbocycles. The van der Waals surface area contributed by atoms with Crippen molar-refractivity contribution in [1.29, 1.82) is 0 Å². The fourth-order valence-electron chi connectivity index (χ4n) is 4.54. The minimum absolute atomic E-state index is 0.0582. The lowest BCUT2D eigenvalue weighted by atomic mass is 9.90. The molecule has 7 heteroatoms. The third kappa shape index (κ3) is 3.60. The van der Waals surface area contributed by atoms with E-state index in [1.165, 1.54) is 0 Å². The molecule has 0 aliphatic carbocycles. The Bertz CT molecular complexity index is 962. The van der Waals surface area contributed by atoms with Crippen molar-refractivity contribution in [3.8, 4) is 17.1 Å². The summed E-state index contributed by atoms with van der Waals surface area (Å²) in [5.41, 5.74) is 0.892. The van der Waals surface area contributed by atoms with Crippen LogP contribution in [0.4, 0.5) is 0 Å². The number of hydrogen-bond acceptors (Lipinski definition) is 6. The van der Waals surface area contributed by atoms with Crippen molar-refractivity contribution in [3.05, 3.63) is 60.7 Å². The number of ether oxygens (including phenoxy) is 1. The SMILES string of the molecule is O=C(COc1ccccc1)N1[C@@H]2CC[C@H]1CC(c1nc(-c3ccncc3)no1)C2. The predicted octanol–water partition coefficient (Wildman–Crippen LogP) is 3.45. The number of rotatable bonds is 5. The Kier molecular flexibility index (Phi) is 4.71. The van der Waals surface area contributed by atoms with E-state index < -0.39 is 0 Å². The Balaban J connectivity index is 1.24. The van der Waals surface area contributed by atoms with E-state index in [4.69, 9.17) is 9.26 Å². The van der Waals surface area contributed by atoms with Gasteiger partial charge >= 0.3 is 0 Å². The second-order valence-electron chi connectivity index (χ2n) is 7.65. The minimum Gasteiger partial charge on any atom is -0.484 e. The summed E-state index contributed by atoms with van der Waals surface area (Å²) in [7, 11) is 0. The molecule has 2 aliphatic rings. The monoisotopic (exact) mass is 390 g/mol. The molecule has 4 heterocycles. The van der Waals surface area contributed by atoms with E-state index in [1.54, 1.807) is 12.4 Å². The molecule has 2 aliphatic heterocycles. The first kappa shape index (κ1) is 17.8. The fourth-order valence-corrected chi connectivity index (χ4v) is 4.54. The molecule has 0 spiro atoms. The Hall–Kier alpha value is -3.22. The van der Waals surface area contributed by atoms with Gasteiger partial charge in [-0.3, -0.25) is 9.78 Å². The maximum atomic E-state index is 12.8. The molecule has 148 valence electrons. The average Bonchev–Trinajstić information content (AvgIpc) is 3.36. The van der Waals surface area contributed by atoms with Crippen molar-refractivity contribution in [1.82, 2.24) is 20.0 Å². The summed E-state index contributed by atoms with van der Waals surface area (Å²) in [6, 6.07) is 13.6. The van der Waals surface area contributed by atoms with Crippen molar-refractivity contribution in [2.75, 3.05) is 6.61 Å². The Morgan fingerprint density at radius 1 is 1.07 bits per heavy atom. The summed E-state index contributed by atoms with van der Waals surface area (Å²) in [6.07, 6.45) is 7.17. The minimum atomic E-state index is 0.0582. The van der Waals surface area contributed by atoms with E-state index >= 15 is 0 Å². The molecule has 2 bridgehead atoms. The summed E-state index contributed by atoms with van der Waals surface area (Å²) < 4.78 is 11.2. The molecule has 3 aromatic rings. The van der Waals surface area contributed by atoms with Crippen LogP contribution in [0.15, 0.2) is 59.4 Å². The van der Waals surface area contributed by atoms with E-state index in [0.717, 1.165) is 37.0 Å². The summed E-state index contributed by atoms with van der Waals surface area (Å²) in [5, 5.41) is 4.13. The second kappa shape index (κ2) is 7.66. The number of carbonyl (C=O) groups excluding carboxylic acids is 1. The number of nitrogens with zero attached hydrogens (tertiary/aromatic N) is 4. The molecule has 0 N–H and O–H groups in total. The molecule has 29 heavy (non-hydrogen) atoms. The first-order valence-corrected chi connectivity index (χ1v) is 10.0. The Morgan fingerprint density at radius 2 is 1.79 bits per heavy atom. The van der Waals surface area contributed by atoms with Crippen LogP contribution in [0.25, 0.3) is 11.4 Å². The van der Waals surface area contributed by atoms with Gasteiger partial charge in [0.05, 0.1) is 0 Å². The number of amides is 1. The second-order valence-corrected chi connectivity index (χ2v) is 7.65. The molecule has 2 saturated heterocycles. The van der Waals surface area contributed by atoms with Crippen molar-refractivity contribution in [2.45, 2.75) is 43.7 Å². The highest BCUT2D eigenvalue weighted by Crippen LogP contribution is 2.43. The lowest BCUT2D eigenvalue weighted by Gasteiger charge is -2.37. The largest absolute Gasteiger partial charge is 0.484 e. The van der Waals surface area contributed by atoms with E-state index in [2.05, 4.69) is 15.1 Å². The molecule has 1 unspecified atom stereocenters. The molecule has 2 fully saturated rings. The quantitative estimate of drug-likeness (QED) is 0.664.